The minimum Gasteiger partial charge on any atom is -0.399 e. The highest BCUT2D eigenvalue weighted by Gasteiger charge is 2.06. The van der Waals surface area contributed by atoms with Crippen LogP contribution in [0.15, 0.2) is 18.2 Å². The maximum atomic E-state index is 11.8. The van der Waals surface area contributed by atoms with Gasteiger partial charge in [0.1, 0.15) is 0 Å². The summed E-state index contributed by atoms with van der Waals surface area (Å²) in [5.74, 6) is 0.363. The molecule has 1 aromatic carbocycles. The highest BCUT2D eigenvalue weighted by atomic mass is 35.5. The van der Waals surface area contributed by atoms with Gasteiger partial charge in [-0.25, -0.2) is 0 Å². The first-order chi connectivity index (χ1) is 8.99. The number of carbonyl (C=O) groups excluding carboxylic acids is 1. The molecule has 0 saturated heterocycles. The van der Waals surface area contributed by atoms with E-state index in [0.29, 0.717) is 35.3 Å². The second kappa shape index (κ2) is 8.02. The Labute approximate surface area is 119 Å². The average molecular weight is 285 g/mol. The summed E-state index contributed by atoms with van der Waals surface area (Å²) in [6, 6.07) is 4.82. The molecule has 4 nitrogen and oxygen atoms in total. The van der Waals surface area contributed by atoms with Gasteiger partial charge in [-0.05, 0) is 30.5 Å². The first kappa shape index (κ1) is 15.8. The van der Waals surface area contributed by atoms with E-state index in [2.05, 4.69) is 19.2 Å². The molecule has 0 aliphatic carbocycles. The minimum absolute atomic E-state index is 0.168. The van der Waals surface area contributed by atoms with Gasteiger partial charge in [0, 0.05) is 36.0 Å². The molecule has 0 aliphatic heterocycles. The van der Waals surface area contributed by atoms with Crippen LogP contribution in [-0.4, -0.2) is 25.7 Å². The summed E-state index contributed by atoms with van der Waals surface area (Å²) >= 11 is 5.85. The molecular formula is C14H21ClN2O2. The Hall–Kier alpha value is -1.26. The summed E-state index contributed by atoms with van der Waals surface area (Å²) in [5.41, 5.74) is 6.60. The summed E-state index contributed by atoms with van der Waals surface area (Å²) in [6.45, 7) is 6.18. The van der Waals surface area contributed by atoms with Gasteiger partial charge in [-0.1, -0.05) is 25.4 Å². The fraction of sp³-hybridized carbons (Fsp3) is 0.500. The van der Waals surface area contributed by atoms with Crippen LogP contribution in [0.5, 0.6) is 0 Å². The predicted molar refractivity (Wildman–Crippen MR) is 78.5 cm³/mol. The lowest BCUT2D eigenvalue weighted by Crippen LogP contribution is -2.25. The Morgan fingerprint density at radius 3 is 2.79 bits per heavy atom. The molecule has 0 atom stereocenters. The molecule has 0 aromatic heterocycles. The van der Waals surface area contributed by atoms with Crippen LogP contribution < -0.4 is 11.1 Å². The zero-order chi connectivity index (χ0) is 14.3. The van der Waals surface area contributed by atoms with Gasteiger partial charge >= 0.3 is 0 Å². The molecule has 0 spiro atoms. The average Bonchev–Trinajstić information content (AvgIpc) is 2.31. The molecule has 0 saturated carbocycles. The van der Waals surface area contributed by atoms with Crippen LogP contribution in [-0.2, 0) is 4.74 Å². The van der Waals surface area contributed by atoms with Crippen LogP contribution in [0.4, 0.5) is 5.69 Å². The predicted octanol–water partition coefficient (Wildman–Crippen LogP) is 2.71. The maximum Gasteiger partial charge on any atom is 0.251 e. The minimum atomic E-state index is -0.168. The topological polar surface area (TPSA) is 64.3 Å². The number of anilines is 1. The number of benzene rings is 1. The summed E-state index contributed by atoms with van der Waals surface area (Å²) < 4.78 is 5.43. The van der Waals surface area contributed by atoms with Gasteiger partial charge in [0.2, 0.25) is 0 Å². The molecule has 3 N–H and O–H groups in total. The lowest BCUT2D eigenvalue weighted by Gasteiger charge is -2.08. The zero-order valence-corrected chi connectivity index (χ0v) is 12.2. The third-order valence-electron chi connectivity index (χ3n) is 2.38. The third-order valence-corrected chi connectivity index (χ3v) is 2.60. The van der Waals surface area contributed by atoms with E-state index >= 15 is 0 Å². The first-order valence-electron chi connectivity index (χ1n) is 6.41. The number of hydrogen-bond acceptors (Lipinski definition) is 3. The lowest BCUT2D eigenvalue weighted by molar-refractivity contribution is 0.0925. The number of ether oxygens (including phenoxy) is 1. The molecule has 1 rings (SSSR count). The third kappa shape index (κ3) is 6.45. The summed E-state index contributed by atoms with van der Waals surface area (Å²) in [5, 5.41) is 3.27. The van der Waals surface area contributed by atoms with E-state index in [4.69, 9.17) is 22.1 Å². The van der Waals surface area contributed by atoms with Crippen LogP contribution in [0, 0.1) is 5.92 Å². The molecule has 1 aromatic rings. The number of rotatable bonds is 7. The van der Waals surface area contributed by atoms with Gasteiger partial charge in [-0.2, -0.15) is 0 Å². The van der Waals surface area contributed by atoms with Crippen molar-refractivity contribution in [3.05, 3.63) is 28.8 Å². The molecule has 19 heavy (non-hydrogen) atoms. The number of nitrogens with two attached hydrogens (primary N) is 1. The molecule has 0 bridgehead atoms. The number of amides is 1. The van der Waals surface area contributed by atoms with Crippen LogP contribution >= 0.6 is 11.6 Å². The van der Waals surface area contributed by atoms with Gasteiger partial charge < -0.3 is 15.8 Å². The number of hydrogen-bond donors (Lipinski definition) is 2. The van der Waals surface area contributed by atoms with Crippen molar-refractivity contribution < 1.29 is 9.53 Å². The zero-order valence-electron chi connectivity index (χ0n) is 11.4. The molecule has 0 radical (unpaired) electrons. The van der Waals surface area contributed by atoms with Crippen molar-refractivity contribution >= 4 is 23.2 Å². The largest absolute Gasteiger partial charge is 0.399 e. The van der Waals surface area contributed by atoms with Gasteiger partial charge in [-0.15, -0.1) is 0 Å². The molecule has 106 valence electrons. The van der Waals surface area contributed by atoms with E-state index in [9.17, 15) is 4.79 Å². The van der Waals surface area contributed by atoms with Crippen molar-refractivity contribution in [1.29, 1.82) is 0 Å². The quantitative estimate of drug-likeness (QED) is 0.598. The number of nitrogens with one attached hydrogen (secondary N) is 1. The highest BCUT2D eigenvalue weighted by molar-refractivity contribution is 6.31. The van der Waals surface area contributed by atoms with Gasteiger partial charge in [-0.3, -0.25) is 4.79 Å². The second-order valence-corrected chi connectivity index (χ2v) is 5.29. The second-order valence-electron chi connectivity index (χ2n) is 4.85. The molecule has 5 heteroatoms. The number of halogens is 1. The Bertz CT molecular complexity index is 402. The lowest BCUT2D eigenvalue weighted by atomic mass is 10.2. The van der Waals surface area contributed by atoms with E-state index in [1.165, 1.54) is 0 Å². The molecule has 0 aliphatic rings. The summed E-state index contributed by atoms with van der Waals surface area (Å²) in [6.07, 6.45) is 0.786. The Morgan fingerprint density at radius 2 is 2.16 bits per heavy atom. The molecule has 0 unspecified atom stereocenters. The van der Waals surface area contributed by atoms with Crippen LogP contribution in [0.1, 0.15) is 30.6 Å². The van der Waals surface area contributed by atoms with E-state index < -0.39 is 0 Å². The fourth-order valence-electron chi connectivity index (χ4n) is 1.54. The van der Waals surface area contributed by atoms with E-state index in [1.54, 1.807) is 18.2 Å². The normalized spacial score (nSPS) is 10.7. The van der Waals surface area contributed by atoms with Crippen LogP contribution in [0.2, 0.25) is 5.02 Å². The Kier molecular flexibility index (Phi) is 6.67. The smallest absolute Gasteiger partial charge is 0.251 e. The van der Waals surface area contributed by atoms with Crippen molar-refractivity contribution in [2.75, 3.05) is 25.5 Å². The monoisotopic (exact) mass is 284 g/mol. The van der Waals surface area contributed by atoms with Crippen molar-refractivity contribution in [3.63, 3.8) is 0 Å². The molecular weight excluding hydrogens is 264 g/mol. The van der Waals surface area contributed by atoms with Crippen molar-refractivity contribution in [2.24, 2.45) is 5.92 Å². The Balaban J connectivity index is 2.27. The summed E-state index contributed by atoms with van der Waals surface area (Å²) in [7, 11) is 0. The van der Waals surface area contributed by atoms with Crippen LogP contribution in [0.25, 0.3) is 0 Å². The standard InChI is InChI=1S/C14H21ClN2O2/c1-10(2)9-19-5-3-4-17-14(18)11-6-12(15)8-13(16)7-11/h6-8,10H,3-5,9,16H2,1-2H3,(H,17,18). The Morgan fingerprint density at radius 1 is 1.42 bits per heavy atom. The van der Waals surface area contributed by atoms with Gasteiger partial charge in [0.05, 0.1) is 0 Å². The van der Waals surface area contributed by atoms with E-state index in [0.717, 1.165) is 13.0 Å². The highest BCUT2D eigenvalue weighted by Crippen LogP contribution is 2.16. The molecule has 0 fully saturated rings. The van der Waals surface area contributed by atoms with Gasteiger partial charge in [0.15, 0.2) is 0 Å². The van der Waals surface area contributed by atoms with E-state index in [1.807, 2.05) is 0 Å². The summed E-state index contributed by atoms with van der Waals surface area (Å²) in [4.78, 5) is 11.8. The maximum absolute atomic E-state index is 11.8. The van der Waals surface area contributed by atoms with Crippen molar-refractivity contribution in [3.8, 4) is 0 Å². The fourth-order valence-corrected chi connectivity index (χ4v) is 1.78. The van der Waals surface area contributed by atoms with Crippen molar-refractivity contribution in [2.45, 2.75) is 20.3 Å². The SMILES string of the molecule is CC(C)COCCCNC(=O)c1cc(N)cc(Cl)c1. The van der Waals surface area contributed by atoms with E-state index in [-0.39, 0.29) is 5.91 Å². The number of nitrogen functional groups attached to an aromatic ring is 1. The molecule has 0 heterocycles. The number of carbonyl (C=O) groups is 1. The molecule has 1 amide bonds. The van der Waals surface area contributed by atoms with Gasteiger partial charge in [0.25, 0.3) is 5.91 Å². The van der Waals surface area contributed by atoms with Crippen LogP contribution in [0.3, 0.4) is 0 Å². The first-order valence-corrected chi connectivity index (χ1v) is 6.79. The van der Waals surface area contributed by atoms with Crippen molar-refractivity contribution in [1.82, 2.24) is 5.32 Å².